The summed E-state index contributed by atoms with van der Waals surface area (Å²) < 4.78 is 5.17. The summed E-state index contributed by atoms with van der Waals surface area (Å²) in [5, 5.41) is 0. The van der Waals surface area contributed by atoms with E-state index in [-0.39, 0.29) is 0 Å². The first-order valence-electron chi connectivity index (χ1n) is 7.47. The SMILES string of the molecule is COCCN1CCN(c2cnc3ccccc3n2)C[C@@H]1C. The highest BCUT2D eigenvalue weighted by molar-refractivity contribution is 5.75. The zero-order chi connectivity index (χ0) is 14.7. The van der Waals surface area contributed by atoms with Gasteiger partial charge in [0.1, 0.15) is 5.82 Å². The number of anilines is 1. The van der Waals surface area contributed by atoms with Gasteiger partial charge in [-0.3, -0.25) is 9.88 Å². The predicted molar refractivity (Wildman–Crippen MR) is 84.7 cm³/mol. The average molecular weight is 286 g/mol. The Labute approximate surface area is 125 Å². The van der Waals surface area contributed by atoms with Gasteiger partial charge in [-0.1, -0.05) is 12.1 Å². The second kappa shape index (κ2) is 6.37. The van der Waals surface area contributed by atoms with Crippen molar-refractivity contribution in [3.05, 3.63) is 30.5 Å². The number of methoxy groups -OCH3 is 1. The molecule has 0 amide bonds. The van der Waals surface area contributed by atoms with Crippen LogP contribution < -0.4 is 4.90 Å². The monoisotopic (exact) mass is 286 g/mol. The number of fused-ring (bicyclic) bond motifs is 1. The number of nitrogens with zero attached hydrogens (tertiary/aromatic N) is 4. The molecule has 0 saturated carbocycles. The van der Waals surface area contributed by atoms with Gasteiger partial charge in [0, 0.05) is 39.3 Å². The molecule has 0 radical (unpaired) electrons. The molecule has 1 aliphatic rings. The highest BCUT2D eigenvalue weighted by atomic mass is 16.5. The molecule has 5 nitrogen and oxygen atoms in total. The predicted octanol–water partition coefficient (Wildman–Crippen LogP) is 1.79. The Hall–Kier alpha value is -1.72. The van der Waals surface area contributed by atoms with Crippen molar-refractivity contribution in [1.29, 1.82) is 0 Å². The molecule has 1 aromatic carbocycles. The lowest BCUT2D eigenvalue weighted by atomic mass is 10.2. The molecule has 0 unspecified atom stereocenters. The standard InChI is InChI=1S/C16H22N4O/c1-13-12-20(8-7-19(13)9-10-21-2)16-11-17-14-5-3-4-6-15(14)18-16/h3-6,11,13H,7-10,12H2,1-2H3/t13-/m0/s1. The van der Waals surface area contributed by atoms with Crippen LogP contribution in [0.4, 0.5) is 5.82 Å². The smallest absolute Gasteiger partial charge is 0.147 e. The van der Waals surface area contributed by atoms with E-state index in [9.17, 15) is 0 Å². The van der Waals surface area contributed by atoms with Gasteiger partial charge in [0.25, 0.3) is 0 Å². The van der Waals surface area contributed by atoms with Crippen LogP contribution in [0.3, 0.4) is 0 Å². The maximum Gasteiger partial charge on any atom is 0.147 e. The molecular weight excluding hydrogens is 264 g/mol. The number of ether oxygens (including phenoxy) is 1. The van der Waals surface area contributed by atoms with Gasteiger partial charge in [-0.25, -0.2) is 4.98 Å². The lowest BCUT2D eigenvalue weighted by Gasteiger charge is -2.40. The first kappa shape index (κ1) is 14.2. The second-order valence-electron chi connectivity index (χ2n) is 5.54. The number of benzene rings is 1. The first-order valence-corrected chi connectivity index (χ1v) is 7.47. The minimum absolute atomic E-state index is 0.502. The lowest BCUT2D eigenvalue weighted by molar-refractivity contribution is 0.117. The van der Waals surface area contributed by atoms with Crippen LogP contribution in [0.2, 0.25) is 0 Å². The molecule has 2 aromatic rings. The van der Waals surface area contributed by atoms with E-state index in [1.54, 1.807) is 7.11 Å². The van der Waals surface area contributed by atoms with E-state index in [1.165, 1.54) is 0 Å². The summed E-state index contributed by atoms with van der Waals surface area (Å²) in [7, 11) is 1.76. The normalized spacial score (nSPS) is 20.1. The van der Waals surface area contributed by atoms with Crippen LogP contribution in [-0.4, -0.2) is 60.8 Å². The lowest BCUT2D eigenvalue weighted by Crippen LogP contribution is -2.53. The largest absolute Gasteiger partial charge is 0.383 e. The number of piperazine rings is 1. The molecule has 1 aliphatic heterocycles. The van der Waals surface area contributed by atoms with Crippen molar-refractivity contribution in [2.24, 2.45) is 0 Å². The fourth-order valence-corrected chi connectivity index (χ4v) is 2.84. The first-order chi connectivity index (χ1) is 10.3. The summed E-state index contributed by atoms with van der Waals surface area (Å²) in [5.41, 5.74) is 1.91. The van der Waals surface area contributed by atoms with E-state index in [2.05, 4.69) is 21.7 Å². The van der Waals surface area contributed by atoms with E-state index in [0.717, 1.165) is 49.6 Å². The van der Waals surface area contributed by atoms with E-state index in [1.807, 2.05) is 30.5 Å². The molecule has 112 valence electrons. The summed E-state index contributed by atoms with van der Waals surface area (Å²) >= 11 is 0. The molecule has 0 spiro atoms. The third-order valence-corrected chi connectivity index (χ3v) is 4.11. The van der Waals surface area contributed by atoms with Gasteiger partial charge in [0.05, 0.1) is 23.8 Å². The number of hydrogen-bond acceptors (Lipinski definition) is 5. The maximum atomic E-state index is 5.17. The zero-order valence-corrected chi connectivity index (χ0v) is 12.7. The van der Waals surface area contributed by atoms with Crippen molar-refractivity contribution in [2.75, 3.05) is 44.8 Å². The fourth-order valence-electron chi connectivity index (χ4n) is 2.84. The van der Waals surface area contributed by atoms with Gasteiger partial charge in [-0.15, -0.1) is 0 Å². The van der Waals surface area contributed by atoms with Crippen LogP contribution >= 0.6 is 0 Å². The minimum Gasteiger partial charge on any atom is -0.383 e. The molecule has 1 atom stereocenters. The van der Waals surface area contributed by atoms with Crippen molar-refractivity contribution in [1.82, 2.24) is 14.9 Å². The summed E-state index contributed by atoms with van der Waals surface area (Å²) in [6, 6.07) is 8.52. The molecule has 0 aliphatic carbocycles. The topological polar surface area (TPSA) is 41.5 Å². The van der Waals surface area contributed by atoms with Crippen LogP contribution in [0.1, 0.15) is 6.92 Å². The van der Waals surface area contributed by atoms with Crippen molar-refractivity contribution >= 4 is 16.9 Å². The third-order valence-electron chi connectivity index (χ3n) is 4.11. The number of aromatic nitrogens is 2. The quantitative estimate of drug-likeness (QED) is 0.857. The molecule has 0 N–H and O–H groups in total. The number of para-hydroxylation sites is 2. The molecule has 2 heterocycles. The van der Waals surface area contributed by atoms with E-state index < -0.39 is 0 Å². The van der Waals surface area contributed by atoms with Crippen LogP contribution in [0.15, 0.2) is 30.5 Å². The van der Waals surface area contributed by atoms with Crippen LogP contribution in [0, 0.1) is 0 Å². The molecular formula is C16H22N4O. The average Bonchev–Trinajstić information content (AvgIpc) is 2.53. The van der Waals surface area contributed by atoms with Gasteiger partial charge in [-0.2, -0.15) is 0 Å². The Balaban J connectivity index is 1.72. The van der Waals surface area contributed by atoms with E-state index in [4.69, 9.17) is 9.72 Å². The van der Waals surface area contributed by atoms with Crippen molar-refractivity contribution in [2.45, 2.75) is 13.0 Å². The Morgan fingerprint density at radius 1 is 1.24 bits per heavy atom. The van der Waals surface area contributed by atoms with Crippen molar-refractivity contribution in [3.8, 4) is 0 Å². The Morgan fingerprint density at radius 2 is 2.05 bits per heavy atom. The molecule has 0 bridgehead atoms. The van der Waals surface area contributed by atoms with Crippen molar-refractivity contribution in [3.63, 3.8) is 0 Å². The fraction of sp³-hybridized carbons (Fsp3) is 0.500. The number of hydrogen-bond donors (Lipinski definition) is 0. The maximum absolute atomic E-state index is 5.17. The van der Waals surface area contributed by atoms with Crippen molar-refractivity contribution < 1.29 is 4.74 Å². The Morgan fingerprint density at radius 3 is 2.81 bits per heavy atom. The van der Waals surface area contributed by atoms with Gasteiger partial charge in [-0.05, 0) is 19.1 Å². The minimum atomic E-state index is 0.502. The molecule has 5 heteroatoms. The van der Waals surface area contributed by atoms with Gasteiger partial charge < -0.3 is 9.64 Å². The van der Waals surface area contributed by atoms with Gasteiger partial charge >= 0.3 is 0 Å². The summed E-state index contributed by atoms with van der Waals surface area (Å²) in [4.78, 5) is 14.0. The molecule has 21 heavy (non-hydrogen) atoms. The van der Waals surface area contributed by atoms with Crippen LogP contribution in [-0.2, 0) is 4.74 Å². The highest BCUT2D eigenvalue weighted by Crippen LogP contribution is 2.19. The molecule has 1 saturated heterocycles. The van der Waals surface area contributed by atoms with E-state index >= 15 is 0 Å². The molecule has 3 rings (SSSR count). The Kier molecular flexibility index (Phi) is 4.31. The zero-order valence-electron chi connectivity index (χ0n) is 12.7. The van der Waals surface area contributed by atoms with Crippen LogP contribution in [0.25, 0.3) is 11.0 Å². The van der Waals surface area contributed by atoms with Crippen LogP contribution in [0.5, 0.6) is 0 Å². The summed E-state index contributed by atoms with van der Waals surface area (Å²) in [6.07, 6.45) is 1.89. The van der Waals surface area contributed by atoms with Gasteiger partial charge in [0.2, 0.25) is 0 Å². The number of rotatable bonds is 4. The highest BCUT2D eigenvalue weighted by Gasteiger charge is 2.24. The molecule has 1 aromatic heterocycles. The second-order valence-corrected chi connectivity index (χ2v) is 5.54. The summed E-state index contributed by atoms with van der Waals surface area (Å²) in [5.74, 6) is 0.979. The third kappa shape index (κ3) is 3.14. The molecule has 1 fully saturated rings. The summed E-state index contributed by atoms with van der Waals surface area (Å²) in [6.45, 7) is 7.06. The van der Waals surface area contributed by atoms with E-state index in [0.29, 0.717) is 6.04 Å². The Bertz CT molecular complexity index is 604. The van der Waals surface area contributed by atoms with Gasteiger partial charge in [0.15, 0.2) is 0 Å².